The third-order valence-electron chi connectivity index (χ3n) is 3.52. The van der Waals surface area contributed by atoms with Crippen LogP contribution >= 0.6 is 23.4 Å². The lowest BCUT2D eigenvalue weighted by Gasteiger charge is -2.15. The first kappa shape index (κ1) is 17.4. The van der Waals surface area contributed by atoms with Gasteiger partial charge in [-0.15, -0.1) is 5.10 Å². The molecular formula is C17H16ClN5OS. The zero-order valence-electron chi connectivity index (χ0n) is 13.5. The van der Waals surface area contributed by atoms with Crippen molar-refractivity contribution in [3.05, 3.63) is 65.2 Å². The third-order valence-corrected chi connectivity index (χ3v) is 4.79. The van der Waals surface area contributed by atoms with E-state index < -0.39 is 0 Å². The maximum atomic E-state index is 12.2. The van der Waals surface area contributed by atoms with E-state index >= 15 is 0 Å². The number of thioether (sulfide) groups is 1. The minimum Gasteiger partial charge on any atom is -0.349 e. The van der Waals surface area contributed by atoms with Gasteiger partial charge in [0.05, 0.1) is 17.5 Å². The lowest BCUT2D eigenvalue weighted by atomic mass is 10.1. The summed E-state index contributed by atoms with van der Waals surface area (Å²) in [6.07, 6.45) is 0. The minimum atomic E-state index is -0.174. The number of nitrogens with one attached hydrogen (secondary N) is 1. The Bertz CT molecular complexity index is 855. The van der Waals surface area contributed by atoms with Gasteiger partial charge in [0.2, 0.25) is 11.1 Å². The Hall–Kier alpha value is -2.38. The smallest absolute Gasteiger partial charge is 0.230 e. The molecule has 0 radical (unpaired) electrons. The molecule has 0 aliphatic carbocycles. The molecular weight excluding hydrogens is 358 g/mol. The van der Waals surface area contributed by atoms with Gasteiger partial charge in [0.1, 0.15) is 0 Å². The van der Waals surface area contributed by atoms with Crippen molar-refractivity contribution in [2.24, 2.45) is 0 Å². The third kappa shape index (κ3) is 4.37. The van der Waals surface area contributed by atoms with Gasteiger partial charge < -0.3 is 5.32 Å². The molecule has 0 aliphatic heterocycles. The summed E-state index contributed by atoms with van der Waals surface area (Å²) in [6.45, 7) is 1.90. The van der Waals surface area contributed by atoms with Gasteiger partial charge in [-0.05, 0) is 41.1 Å². The highest BCUT2D eigenvalue weighted by atomic mass is 35.5. The molecule has 25 heavy (non-hydrogen) atoms. The fraction of sp³-hybridized carbons (Fsp3) is 0.176. The van der Waals surface area contributed by atoms with Gasteiger partial charge in [0, 0.05) is 5.02 Å². The molecule has 1 amide bonds. The van der Waals surface area contributed by atoms with Crippen LogP contribution in [0.3, 0.4) is 0 Å². The summed E-state index contributed by atoms with van der Waals surface area (Å²) in [5.41, 5.74) is 1.73. The molecule has 2 aromatic carbocycles. The fourth-order valence-corrected chi connectivity index (χ4v) is 3.32. The zero-order chi connectivity index (χ0) is 17.6. The van der Waals surface area contributed by atoms with E-state index in [2.05, 4.69) is 20.8 Å². The molecule has 1 heterocycles. The van der Waals surface area contributed by atoms with Gasteiger partial charge in [-0.1, -0.05) is 59.8 Å². The van der Waals surface area contributed by atoms with E-state index in [9.17, 15) is 4.79 Å². The van der Waals surface area contributed by atoms with Gasteiger partial charge in [0.25, 0.3) is 0 Å². The Balaban J connectivity index is 1.60. The first-order chi connectivity index (χ1) is 12.1. The van der Waals surface area contributed by atoms with Gasteiger partial charge in [0.15, 0.2) is 0 Å². The summed E-state index contributed by atoms with van der Waals surface area (Å²) in [7, 11) is 0. The number of rotatable bonds is 6. The van der Waals surface area contributed by atoms with Crippen molar-refractivity contribution >= 4 is 29.3 Å². The molecule has 3 aromatic rings. The molecule has 6 nitrogen and oxygen atoms in total. The Kier molecular flexibility index (Phi) is 5.67. The lowest BCUT2D eigenvalue weighted by molar-refractivity contribution is -0.119. The highest BCUT2D eigenvalue weighted by Crippen LogP contribution is 2.23. The van der Waals surface area contributed by atoms with E-state index in [1.165, 1.54) is 11.8 Å². The van der Waals surface area contributed by atoms with Crippen LogP contribution in [-0.2, 0) is 4.79 Å². The summed E-state index contributed by atoms with van der Waals surface area (Å²) in [5.74, 6) is 0.0992. The number of para-hydroxylation sites is 1. The maximum Gasteiger partial charge on any atom is 0.230 e. The number of amides is 1. The van der Waals surface area contributed by atoms with E-state index in [-0.39, 0.29) is 17.7 Å². The summed E-state index contributed by atoms with van der Waals surface area (Å²) in [6, 6.07) is 16.8. The van der Waals surface area contributed by atoms with Crippen LogP contribution in [0.5, 0.6) is 0 Å². The van der Waals surface area contributed by atoms with Crippen molar-refractivity contribution in [3.63, 3.8) is 0 Å². The maximum absolute atomic E-state index is 12.2. The molecule has 0 saturated carbocycles. The second-order valence-corrected chi connectivity index (χ2v) is 6.66. The van der Waals surface area contributed by atoms with Crippen molar-refractivity contribution in [1.29, 1.82) is 0 Å². The molecule has 1 unspecified atom stereocenters. The monoisotopic (exact) mass is 373 g/mol. The van der Waals surface area contributed by atoms with Crippen LogP contribution in [0.4, 0.5) is 0 Å². The number of nitrogens with zero attached hydrogens (tertiary/aromatic N) is 4. The van der Waals surface area contributed by atoms with Gasteiger partial charge >= 0.3 is 0 Å². The molecule has 8 heteroatoms. The largest absolute Gasteiger partial charge is 0.349 e. The van der Waals surface area contributed by atoms with Gasteiger partial charge in [-0.25, -0.2) is 0 Å². The average Bonchev–Trinajstić information content (AvgIpc) is 3.09. The fourth-order valence-electron chi connectivity index (χ4n) is 2.32. The molecule has 0 saturated heterocycles. The first-order valence-electron chi connectivity index (χ1n) is 7.65. The van der Waals surface area contributed by atoms with Crippen molar-refractivity contribution in [2.75, 3.05) is 5.75 Å². The Morgan fingerprint density at radius 3 is 2.68 bits per heavy atom. The second kappa shape index (κ2) is 8.13. The summed E-state index contributed by atoms with van der Waals surface area (Å²) in [5, 5.41) is 15.8. The number of hydrogen-bond acceptors (Lipinski definition) is 5. The van der Waals surface area contributed by atoms with Gasteiger partial charge in [-0.3, -0.25) is 4.79 Å². The molecule has 128 valence electrons. The molecule has 1 atom stereocenters. The number of carbonyl (C=O) groups excluding carboxylic acids is 1. The van der Waals surface area contributed by atoms with E-state index in [0.717, 1.165) is 11.3 Å². The number of tetrazole rings is 1. The Labute approximate surface area is 154 Å². The predicted molar refractivity (Wildman–Crippen MR) is 97.9 cm³/mol. The van der Waals surface area contributed by atoms with Gasteiger partial charge in [-0.2, -0.15) is 4.68 Å². The average molecular weight is 374 g/mol. The van der Waals surface area contributed by atoms with Crippen LogP contribution in [0.15, 0.2) is 59.8 Å². The van der Waals surface area contributed by atoms with Crippen molar-refractivity contribution in [1.82, 2.24) is 25.5 Å². The quantitative estimate of drug-likeness (QED) is 0.671. The van der Waals surface area contributed by atoms with Crippen LogP contribution in [0.25, 0.3) is 5.69 Å². The molecule has 1 N–H and O–H groups in total. The highest BCUT2D eigenvalue weighted by molar-refractivity contribution is 7.99. The first-order valence-corrected chi connectivity index (χ1v) is 9.02. The topological polar surface area (TPSA) is 72.7 Å². The van der Waals surface area contributed by atoms with E-state index in [1.807, 2.05) is 61.5 Å². The normalized spacial score (nSPS) is 11.9. The van der Waals surface area contributed by atoms with Crippen molar-refractivity contribution < 1.29 is 4.79 Å². The molecule has 0 bridgehead atoms. The molecule has 1 aromatic heterocycles. The number of halogens is 1. The summed E-state index contributed by atoms with van der Waals surface area (Å²) >= 11 is 7.44. The minimum absolute atomic E-state index is 0.111. The standard InChI is InChI=1S/C17H16ClN5OS/c1-12(14-9-5-6-10-15(14)18)19-16(24)11-25-17-20-21-22-23(17)13-7-3-2-4-8-13/h2-10,12H,11H2,1H3,(H,19,24). The predicted octanol–water partition coefficient (Wildman–Crippen LogP) is 3.29. The zero-order valence-corrected chi connectivity index (χ0v) is 15.0. The number of benzene rings is 2. The Morgan fingerprint density at radius 1 is 1.20 bits per heavy atom. The van der Waals surface area contributed by atoms with E-state index in [4.69, 9.17) is 11.6 Å². The Morgan fingerprint density at radius 2 is 1.92 bits per heavy atom. The molecule has 3 rings (SSSR count). The molecule has 0 fully saturated rings. The van der Waals surface area contributed by atoms with Crippen LogP contribution < -0.4 is 5.32 Å². The van der Waals surface area contributed by atoms with Crippen LogP contribution in [0.1, 0.15) is 18.5 Å². The number of aromatic nitrogens is 4. The summed E-state index contributed by atoms with van der Waals surface area (Å²) < 4.78 is 1.61. The van der Waals surface area contributed by atoms with Crippen LogP contribution in [-0.4, -0.2) is 31.9 Å². The SMILES string of the molecule is CC(NC(=O)CSc1nnnn1-c1ccccc1)c1ccccc1Cl. The van der Waals surface area contributed by atoms with E-state index in [1.54, 1.807) is 4.68 Å². The molecule has 0 aliphatic rings. The number of hydrogen-bond donors (Lipinski definition) is 1. The van der Waals surface area contributed by atoms with Crippen molar-refractivity contribution in [2.45, 2.75) is 18.1 Å². The summed E-state index contributed by atoms with van der Waals surface area (Å²) in [4.78, 5) is 12.2. The van der Waals surface area contributed by atoms with E-state index in [0.29, 0.717) is 10.2 Å². The lowest BCUT2D eigenvalue weighted by Crippen LogP contribution is -2.28. The van der Waals surface area contributed by atoms with Crippen LogP contribution in [0.2, 0.25) is 5.02 Å². The van der Waals surface area contributed by atoms with Crippen LogP contribution in [0, 0.1) is 0 Å². The van der Waals surface area contributed by atoms with Crippen molar-refractivity contribution in [3.8, 4) is 5.69 Å². The number of carbonyl (C=O) groups is 1. The second-order valence-electron chi connectivity index (χ2n) is 5.31. The molecule has 0 spiro atoms. The highest BCUT2D eigenvalue weighted by Gasteiger charge is 2.15.